The van der Waals surface area contributed by atoms with Gasteiger partial charge in [0.25, 0.3) is 11.6 Å². The largest absolute Gasteiger partial charge is 0.359 e. The van der Waals surface area contributed by atoms with E-state index in [9.17, 15) is 19.2 Å². The van der Waals surface area contributed by atoms with Crippen LogP contribution in [0.5, 0.6) is 0 Å². The Morgan fingerprint density at radius 3 is 2.00 bits per heavy atom. The number of rotatable bonds is 15. The number of halogens is 1. The quantitative estimate of drug-likeness (QED) is 0.0725. The number of carbonyl (C=O) groups is 4. The fourth-order valence-electron chi connectivity index (χ4n) is 5.69. The molecule has 5 aromatic rings. The molecule has 1 unspecified atom stereocenters. The van der Waals surface area contributed by atoms with Gasteiger partial charge in [-0.05, 0) is 36.6 Å². The second-order valence-electron chi connectivity index (χ2n) is 11.5. The summed E-state index contributed by atoms with van der Waals surface area (Å²) in [7, 11) is 1.62. The summed E-state index contributed by atoms with van der Waals surface area (Å²) < 4.78 is 17.3. The van der Waals surface area contributed by atoms with E-state index in [-0.39, 0.29) is 29.4 Å². The molecule has 0 radical (unpaired) electrons. The van der Waals surface area contributed by atoms with Gasteiger partial charge in [0.1, 0.15) is 0 Å². The van der Waals surface area contributed by atoms with Crippen LogP contribution >= 0.6 is 0 Å². The van der Waals surface area contributed by atoms with E-state index < -0.39 is 17.4 Å². The molecule has 0 bridgehead atoms. The average molecular weight is 633 g/mol. The summed E-state index contributed by atoms with van der Waals surface area (Å²) in [6, 6.07) is 23.3. The highest BCUT2D eigenvalue weighted by molar-refractivity contribution is 6.17. The zero-order chi connectivity index (χ0) is 33.2. The molecule has 8 nitrogen and oxygen atoms in total. The molecule has 0 saturated carbocycles. The molecule has 2 heterocycles. The third kappa shape index (κ3) is 7.74. The Morgan fingerprint density at radius 2 is 1.30 bits per heavy atom. The van der Waals surface area contributed by atoms with Gasteiger partial charge in [-0.15, -0.1) is 0 Å². The first kappa shape index (κ1) is 33.1. The Morgan fingerprint density at radius 1 is 0.702 bits per heavy atom. The Balaban J connectivity index is 1.35. The molecule has 0 aliphatic carbocycles. The summed E-state index contributed by atoms with van der Waals surface area (Å²) in [6.07, 6.45) is 7.78. The maximum Gasteiger partial charge on any atom is 0.274 e. The number of hydrogen-bond acceptors (Lipinski definition) is 6. The fraction of sp³-hybridized carbons (Fsp3) is 0.263. The number of pyridine rings is 2. The van der Waals surface area contributed by atoms with E-state index in [0.717, 1.165) is 36.5 Å². The number of fused-ring (bicyclic) bond motifs is 2. The van der Waals surface area contributed by atoms with Gasteiger partial charge in [0.05, 0.1) is 16.7 Å². The van der Waals surface area contributed by atoms with Gasteiger partial charge < -0.3 is 10.6 Å². The molecule has 0 saturated heterocycles. The average Bonchev–Trinajstić information content (AvgIpc) is 3.11. The number of Topliss-reactive ketones (excluding diaryl/α,β-unsaturated/α-hetero) is 2. The lowest BCUT2D eigenvalue weighted by Crippen LogP contribution is -2.44. The van der Waals surface area contributed by atoms with Crippen molar-refractivity contribution in [2.24, 2.45) is 0 Å². The third-order valence-electron chi connectivity index (χ3n) is 8.34. The van der Waals surface area contributed by atoms with E-state index in [2.05, 4.69) is 20.6 Å². The minimum absolute atomic E-state index is 0.0243. The highest BCUT2D eigenvalue weighted by Crippen LogP contribution is 2.33. The van der Waals surface area contributed by atoms with Crippen LogP contribution in [0, 0.1) is 0 Å². The number of hydrogen-bond donors (Lipinski definition) is 2. The van der Waals surface area contributed by atoms with E-state index in [1.807, 2.05) is 24.3 Å². The van der Waals surface area contributed by atoms with Gasteiger partial charge in [-0.3, -0.25) is 29.1 Å². The van der Waals surface area contributed by atoms with Crippen LogP contribution in [0.3, 0.4) is 0 Å². The molecule has 2 amide bonds. The molecule has 0 aliphatic rings. The topological polar surface area (TPSA) is 118 Å². The van der Waals surface area contributed by atoms with Gasteiger partial charge in [0.15, 0.2) is 11.6 Å². The van der Waals surface area contributed by atoms with Crippen molar-refractivity contribution in [1.29, 1.82) is 0 Å². The second kappa shape index (κ2) is 15.3. The molecule has 2 N–H and O–H groups in total. The summed E-state index contributed by atoms with van der Waals surface area (Å²) in [6.45, 7) is 0. The number of carbonyl (C=O) groups excluding carboxylic acids is 4. The van der Waals surface area contributed by atoms with Crippen LogP contribution in [0.4, 0.5) is 10.1 Å². The summed E-state index contributed by atoms with van der Waals surface area (Å²) in [5, 5.41) is 6.77. The summed E-state index contributed by atoms with van der Waals surface area (Å²) in [5.41, 5.74) is -1.09. The van der Waals surface area contributed by atoms with Gasteiger partial charge in [-0.25, -0.2) is 4.39 Å². The zero-order valence-electron chi connectivity index (χ0n) is 26.3. The van der Waals surface area contributed by atoms with E-state index in [1.165, 1.54) is 24.3 Å². The Kier molecular flexibility index (Phi) is 10.8. The first-order chi connectivity index (χ1) is 22.8. The van der Waals surface area contributed by atoms with Crippen molar-refractivity contribution in [2.75, 3.05) is 12.4 Å². The number of alkyl halides is 1. The maximum absolute atomic E-state index is 17.3. The third-order valence-corrected chi connectivity index (χ3v) is 8.34. The second-order valence-corrected chi connectivity index (χ2v) is 11.5. The van der Waals surface area contributed by atoms with Crippen molar-refractivity contribution in [1.82, 2.24) is 15.3 Å². The number of unbranched alkanes of at least 4 members (excludes halogenated alkanes) is 4. The lowest BCUT2D eigenvalue weighted by atomic mass is 9.85. The van der Waals surface area contributed by atoms with Gasteiger partial charge in [0.2, 0.25) is 5.91 Å². The van der Waals surface area contributed by atoms with Gasteiger partial charge >= 0.3 is 0 Å². The fourth-order valence-corrected chi connectivity index (χ4v) is 5.69. The Bertz CT molecular complexity index is 1800. The highest BCUT2D eigenvalue weighted by atomic mass is 19.1. The molecule has 9 heteroatoms. The van der Waals surface area contributed by atoms with Crippen LogP contribution in [-0.2, 0) is 26.5 Å². The number of nitrogens with zero attached hydrogens (tertiary/aromatic N) is 2. The van der Waals surface area contributed by atoms with Crippen molar-refractivity contribution in [3.8, 4) is 0 Å². The first-order valence-electron chi connectivity index (χ1n) is 15.9. The zero-order valence-corrected chi connectivity index (χ0v) is 26.3. The van der Waals surface area contributed by atoms with Gasteiger partial charge in [0, 0.05) is 60.6 Å². The number of nitrogens with one attached hydrogen (secondary N) is 2. The van der Waals surface area contributed by atoms with Crippen molar-refractivity contribution in [2.45, 2.75) is 57.0 Å². The smallest absolute Gasteiger partial charge is 0.274 e. The predicted octanol–water partition coefficient (Wildman–Crippen LogP) is 7.06. The van der Waals surface area contributed by atoms with Crippen LogP contribution in [0.2, 0.25) is 0 Å². The molecular formula is C38H37FN4O4. The molecule has 0 fully saturated rings. The summed E-state index contributed by atoms with van der Waals surface area (Å²) in [4.78, 5) is 60.8. The lowest BCUT2D eigenvalue weighted by Gasteiger charge is -2.24. The molecule has 240 valence electrons. The van der Waals surface area contributed by atoms with Crippen LogP contribution in [0.1, 0.15) is 66.4 Å². The van der Waals surface area contributed by atoms with Crippen LogP contribution < -0.4 is 10.6 Å². The molecule has 0 aliphatic heterocycles. The summed E-state index contributed by atoms with van der Waals surface area (Å²) in [5.74, 6) is -2.19. The number of anilines is 1. The van der Waals surface area contributed by atoms with Gasteiger partial charge in [-0.1, -0.05) is 86.0 Å². The van der Waals surface area contributed by atoms with E-state index in [0.29, 0.717) is 41.4 Å². The summed E-state index contributed by atoms with van der Waals surface area (Å²) >= 11 is 0. The normalized spacial score (nSPS) is 12.4. The number of ketones is 2. The SMILES string of the molecule is CNC(=O)CCCCCCCC(=O)c1ccc(C(F)(C(=O)Cc2cccc3cccnc23)C(=O)Nc2cccc3cccnc23)cc1. The van der Waals surface area contributed by atoms with Gasteiger partial charge in [-0.2, -0.15) is 0 Å². The van der Waals surface area contributed by atoms with E-state index in [4.69, 9.17) is 0 Å². The predicted molar refractivity (Wildman–Crippen MR) is 181 cm³/mol. The standard InChI is InChI=1S/C38H37FN4O4/c1-40-34(46)18-6-4-2-3-5-17-32(44)26-19-21-30(22-20-26)38(39,33(45)25-29-13-7-11-27-14-9-23-41-35(27)29)37(47)43-31-16-8-12-28-15-10-24-42-36(28)31/h7-16,19-24H,2-6,17-18,25H2,1H3,(H,40,46)(H,43,47). The minimum Gasteiger partial charge on any atom is -0.359 e. The van der Waals surface area contributed by atoms with Crippen molar-refractivity contribution in [3.63, 3.8) is 0 Å². The molecule has 47 heavy (non-hydrogen) atoms. The first-order valence-corrected chi connectivity index (χ1v) is 15.9. The number of aromatic nitrogens is 2. The van der Waals surface area contributed by atoms with Crippen LogP contribution in [0.25, 0.3) is 21.8 Å². The van der Waals surface area contributed by atoms with Crippen LogP contribution in [0.15, 0.2) is 97.3 Å². The van der Waals surface area contributed by atoms with Crippen molar-refractivity contribution in [3.05, 3.63) is 114 Å². The number of para-hydroxylation sites is 2. The van der Waals surface area contributed by atoms with E-state index >= 15 is 4.39 Å². The molecular weight excluding hydrogens is 595 g/mol. The van der Waals surface area contributed by atoms with Crippen molar-refractivity contribution >= 4 is 50.9 Å². The minimum atomic E-state index is -3.08. The monoisotopic (exact) mass is 632 g/mol. The number of amides is 2. The lowest BCUT2D eigenvalue weighted by molar-refractivity contribution is -0.141. The Labute approximate surface area is 272 Å². The molecule has 3 aromatic carbocycles. The van der Waals surface area contributed by atoms with Crippen molar-refractivity contribution < 1.29 is 23.6 Å². The molecule has 0 spiro atoms. The molecule has 2 aromatic heterocycles. The highest BCUT2D eigenvalue weighted by Gasteiger charge is 2.48. The Hall–Kier alpha value is -5.31. The van der Waals surface area contributed by atoms with Crippen LogP contribution in [-0.4, -0.2) is 40.4 Å². The number of benzene rings is 3. The van der Waals surface area contributed by atoms with E-state index in [1.54, 1.807) is 55.8 Å². The maximum atomic E-state index is 17.3. The molecule has 5 rings (SSSR count). The molecule has 1 atom stereocenters.